The van der Waals surface area contributed by atoms with Crippen molar-refractivity contribution in [3.05, 3.63) is 107 Å². The second kappa shape index (κ2) is 34.5. The average molecular weight is 1070 g/mol. The Kier molecular flexibility index (Phi) is 29.5. The summed E-state index contributed by atoms with van der Waals surface area (Å²) in [6, 6.07) is 14.9. The molecule has 6 N–H and O–H groups in total. The second-order valence-electron chi connectivity index (χ2n) is 17.0. The summed E-state index contributed by atoms with van der Waals surface area (Å²) in [6.45, 7) is 8.22. The van der Waals surface area contributed by atoms with Crippen molar-refractivity contribution in [3.63, 3.8) is 0 Å². The third kappa shape index (κ3) is 27.2. The van der Waals surface area contributed by atoms with Gasteiger partial charge in [0.1, 0.15) is 25.0 Å². The first-order valence-corrected chi connectivity index (χ1v) is 24.1. The van der Waals surface area contributed by atoms with E-state index < -0.39 is 47.3 Å². The fourth-order valence-corrected chi connectivity index (χ4v) is 6.53. The van der Waals surface area contributed by atoms with Gasteiger partial charge < -0.3 is 50.6 Å². The molecule has 4 amide bonds. The predicted octanol–water partition coefficient (Wildman–Crippen LogP) is 9.06. The van der Waals surface area contributed by atoms with E-state index in [4.69, 9.17) is 24.3 Å². The monoisotopic (exact) mass is 1070 g/mol. The van der Waals surface area contributed by atoms with Crippen molar-refractivity contribution in [1.82, 2.24) is 16.0 Å². The van der Waals surface area contributed by atoms with Gasteiger partial charge in [-0.25, -0.2) is 4.79 Å². The molecule has 0 heterocycles. The molecule has 0 unspecified atom stereocenters. The molecule has 0 aromatic heterocycles. The highest BCUT2D eigenvalue weighted by Crippen LogP contribution is 2.30. The first kappa shape index (κ1) is 64.1. The number of oxime groups is 2. The first-order valence-electron chi connectivity index (χ1n) is 24.1. The molecule has 0 fully saturated rings. The summed E-state index contributed by atoms with van der Waals surface area (Å²) in [5.74, 6) is -2.95. The number of carboxylic acid groups (broad SMARTS) is 1. The van der Waals surface area contributed by atoms with E-state index in [1.54, 1.807) is 52.3 Å². The lowest BCUT2D eigenvalue weighted by Gasteiger charge is -2.17. The Bertz CT molecular complexity index is 2290. The second-order valence-corrected chi connectivity index (χ2v) is 17.0. The number of halogens is 6. The van der Waals surface area contributed by atoms with E-state index in [0.29, 0.717) is 79.1 Å². The quantitative estimate of drug-likeness (QED) is 0.0113. The predicted molar refractivity (Wildman–Crippen MR) is 270 cm³/mol. The molecule has 3 aromatic rings. The lowest BCUT2D eigenvalue weighted by atomic mass is 10.0. The number of carbonyl (C=O) groups excluding carboxylic acids is 4. The molecule has 0 spiro atoms. The van der Waals surface area contributed by atoms with Crippen LogP contribution >= 0.6 is 0 Å². The minimum absolute atomic E-state index is 0.00851. The fraction of sp³-hybridized carbons (Fsp3) is 0.481. The van der Waals surface area contributed by atoms with Crippen LogP contribution in [0.5, 0.6) is 0 Å². The van der Waals surface area contributed by atoms with Crippen LogP contribution < -0.4 is 21.3 Å². The number of aliphatic hydroxyl groups is 1. The van der Waals surface area contributed by atoms with Crippen LogP contribution in [0.1, 0.15) is 112 Å². The van der Waals surface area contributed by atoms with Crippen molar-refractivity contribution in [3.8, 4) is 0 Å². The number of carboxylic acids is 1. The zero-order valence-electron chi connectivity index (χ0n) is 42.5. The normalized spacial score (nSPS) is 12.2. The number of nitrogens with one attached hydrogen (secondary N) is 4. The van der Waals surface area contributed by atoms with Gasteiger partial charge in [-0.05, 0) is 111 Å². The number of aliphatic hydroxyl groups excluding tert-OH is 1. The maximum Gasteiger partial charge on any atom is 0.416 e. The molecule has 1 atom stereocenters. The van der Waals surface area contributed by atoms with Gasteiger partial charge in [0.05, 0.1) is 35.6 Å². The molecule has 3 rings (SSSR count). The first-order chi connectivity index (χ1) is 35.5. The van der Waals surface area contributed by atoms with Gasteiger partial charge >= 0.3 is 18.3 Å². The molecule has 23 heteroatoms. The van der Waals surface area contributed by atoms with Crippen molar-refractivity contribution in [1.29, 1.82) is 0 Å². The molecule has 0 bridgehead atoms. The van der Waals surface area contributed by atoms with Crippen LogP contribution in [-0.2, 0) is 55.5 Å². The Balaban J connectivity index is 0.000000515. The number of carbonyl (C=O) groups is 5. The molecular formula is C52H68F6N6O11. The molecule has 0 aliphatic heterocycles. The van der Waals surface area contributed by atoms with Crippen LogP contribution in [0.3, 0.4) is 0 Å². The Morgan fingerprint density at radius 2 is 0.960 bits per heavy atom. The summed E-state index contributed by atoms with van der Waals surface area (Å²) in [5, 5.41) is 36.9. The number of methoxy groups -OCH3 is 2. The van der Waals surface area contributed by atoms with E-state index in [1.807, 2.05) is 0 Å². The number of amides is 4. The minimum Gasteiger partial charge on any atom is -0.508 e. The maximum absolute atomic E-state index is 12.9. The SMILES string of the molecule is C=C(O)c1ccc(NC(=O)CCCC(=O)NCCO/N=C(/CCCCOC)c2ccc(C(F)(F)F)cc2)cc1.COCCCC/C(=N/OCCNC(=O)CCC(=O)N[C@H](C(=O)O)C(C)C)c1ccc(C(F)(F)F)cc1. The number of aliphatic carboxylic acids is 1. The van der Waals surface area contributed by atoms with E-state index in [-0.39, 0.29) is 75.5 Å². The number of unbranched alkanes of at least 4 members (excludes halogenated alkanes) is 2. The number of alkyl halides is 6. The Hall–Kier alpha value is -7.01. The third-order valence-electron chi connectivity index (χ3n) is 10.6. The molecular weight excluding hydrogens is 999 g/mol. The van der Waals surface area contributed by atoms with Crippen LogP contribution in [-0.4, -0.2) is 111 Å². The molecule has 0 radical (unpaired) electrons. The summed E-state index contributed by atoms with van der Waals surface area (Å²) in [6.07, 6.45) is -4.64. The van der Waals surface area contributed by atoms with Gasteiger partial charge in [-0.1, -0.05) is 55.0 Å². The lowest BCUT2D eigenvalue weighted by Crippen LogP contribution is -2.44. The number of rotatable bonds is 32. The summed E-state index contributed by atoms with van der Waals surface area (Å²) in [4.78, 5) is 69.6. The van der Waals surface area contributed by atoms with Crippen LogP contribution in [0.15, 0.2) is 89.7 Å². The highest BCUT2D eigenvalue weighted by atomic mass is 19.4. The van der Waals surface area contributed by atoms with E-state index in [9.17, 15) is 55.4 Å². The number of anilines is 1. The van der Waals surface area contributed by atoms with Crippen molar-refractivity contribution in [2.75, 3.05) is 59.1 Å². The van der Waals surface area contributed by atoms with Gasteiger partial charge in [-0.2, -0.15) is 26.3 Å². The van der Waals surface area contributed by atoms with E-state index >= 15 is 0 Å². The van der Waals surface area contributed by atoms with Gasteiger partial charge in [-0.3, -0.25) is 19.2 Å². The number of nitrogens with zero attached hydrogens (tertiary/aromatic N) is 2. The minimum atomic E-state index is -4.43. The molecule has 0 aliphatic carbocycles. The van der Waals surface area contributed by atoms with Gasteiger partial charge in [-0.15, -0.1) is 0 Å². The van der Waals surface area contributed by atoms with Crippen molar-refractivity contribution >= 4 is 52.5 Å². The largest absolute Gasteiger partial charge is 0.508 e. The highest BCUT2D eigenvalue weighted by Gasteiger charge is 2.31. The smallest absolute Gasteiger partial charge is 0.416 e. The highest BCUT2D eigenvalue weighted by molar-refractivity contribution is 6.01. The molecule has 0 saturated carbocycles. The number of benzene rings is 3. The van der Waals surface area contributed by atoms with E-state index in [1.165, 1.54) is 24.3 Å². The van der Waals surface area contributed by atoms with Gasteiger partial charge in [0.2, 0.25) is 23.6 Å². The summed E-state index contributed by atoms with van der Waals surface area (Å²) < 4.78 is 87.1. The average Bonchev–Trinajstić information content (AvgIpc) is 3.35. The number of hydrogen-bond donors (Lipinski definition) is 6. The molecule has 3 aromatic carbocycles. The Morgan fingerprint density at radius 3 is 1.36 bits per heavy atom. The Labute approximate surface area is 432 Å². The number of hydrogen-bond acceptors (Lipinski definition) is 12. The Morgan fingerprint density at radius 1 is 0.547 bits per heavy atom. The third-order valence-corrected chi connectivity index (χ3v) is 10.6. The van der Waals surface area contributed by atoms with Crippen LogP contribution in [0.4, 0.5) is 32.0 Å². The molecule has 17 nitrogen and oxygen atoms in total. The topological polar surface area (TPSA) is 236 Å². The van der Waals surface area contributed by atoms with Gasteiger partial charge in [0.15, 0.2) is 0 Å². The molecule has 414 valence electrons. The van der Waals surface area contributed by atoms with E-state index in [2.05, 4.69) is 38.2 Å². The van der Waals surface area contributed by atoms with Gasteiger partial charge in [0.25, 0.3) is 0 Å². The molecule has 0 saturated heterocycles. The molecule has 75 heavy (non-hydrogen) atoms. The van der Waals surface area contributed by atoms with Crippen molar-refractivity contribution in [2.24, 2.45) is 16.2 Å². The zero-order chi connectivity index (χ0) is 55.8. The summed E-state index contributed by atoms with van der Waals surface area (Å²) in [7, 11) is 3.17. The zero-order valence-corrected chi connectivity index (χ0v) is 42.5. The summed E-state index contributed by atoms with van der Waals surface area (Å²) in [5.41, 5.74) is 1.63. The van der Waals surface area contributed by atoms with Crippen LogP contribution in [0, 0.1) is 5.92 Å². The van der Waals surface area contributed by atoms with E-state index in [0.717, 1.165) is 37.1 Å². The number of ether oxygens (including phenoxy) is 2. The van der Waals surface area contributed by atoms with Crippen LogP contribution in [0.25, 0.3) is 5.76 Å². The summed E-state index contributed by atoms with van der Waals surface area (Å²) >= 11 is 0. The fourth-order valence-electron chi connectivity index (χ4n) is 6.53. The van der Waals surface area contributed by atoms with Crippen molar-refractivity contribution in [2.45, 2.75) is 103 Å². The van der Waals surface area contributed by atoms with Gasteiger partial charge in [0, 0.05) is 64.4 Å². The molecule has 0 aliphatic rings. The maximum atomic E-state index is 12.9. The van der Waals surface area contributed by atoms with Crippen molar-refractivity contribution < 1.29 is 79.7 Å². The van der Waals surface area contributed by atoms with Crippen LogP contribution in [0.2, 0.25) is 0 Å². The lowest BCUT2D eigenvalue weighted by molar-refractivity contribution is -0.143. The standard InChI is InChI=1S/C28H34F3N3O5.C24H34F3N3O6/c1-20(35)21-11-15-24(16-12-21)33-27(37)8-5-7-26(36)32-17-19-39-34-25(6-3-4-18-38-2)22-9-13-23(14-10-22)28(29,30)31;1-16(2)22(23(33)34)29-21(32)12-11-20(31)28-13-15-36-30-19(6-4-5-14-35-3)17-7-9-18(10-8-17)24(25,26)27/h9-16,35H,1,3-8,17-19H2,2H3,(H,32,36)(H,33,37);7-10,16,22H,4-6,11-15H2,1-3H3,(H,28,31)(H,29,32)(H,33,34)/b34-25-;30-19-/t;22-/m.0/s1.